The first-order valence-electron chi connectivity index (χ1n) is 5.43. The van der Waals surface area contributed by atoms with Crippen LogP contribution in [0.3, 0.4) is 0 Å². The second kappa shape index (κ2) is 4.63. The highest BCUT2D eigenvalue weighted by atomic mass is 35.5. The molecule has 0 radical (unpaired) electrons. The predicted octanol–water partition coefficient (Wildman–Crippen LogP) is 5.13. The van der Waals surface area contributed by atoms with Gasteiger partial charge in [0.15, 0.2) is 10.6 Å². The third-order valence-corrected chi connectivity index (χ3v) is 3.71. The number of imidazole rings is 1. The summed E-state index contributed by atoms with van der Waals surface area (Å²) < 4.78 is 16.1. The molecular formula is C13H7Cl2FN2S. The van der Waals surface area contributed by atoms with Gasteiger partial charge in [-0.3, -0.25) is 4.57 Å². The molecule has 2 aromatic carbocycles. The van der Waals surface area contributed by atoms with Gasteiger partial charge in [-0.15, -0.1) is 0 Å². The molecule has 0 aliphatic rings. The van der Waals surface area contributed by atoms with Gasteiger partial charge in [0, 0.05) is 0 Å². The molecule has 2 nitrogen and oxygen atoms in total. The normalized spacial score (nSPS) is 11.1. The molecule has 0 bridgehead atoms. The van der Waals surface area contributed by atoms with Crippen molar-refractivity contribution in [2.75, 3.05) is 0 Å². The molecule has 19 heavy (non-hydrogen) atoms. The maximum atomic E-state index is 14.1. The topological polar surface area (TPSA) is 20.7 Å². The van der Waals surface area contributed by atoms with Crippen molar-refractivity contribution in [1.82, 2.24) is 9.55 Å². The van der Waals surface area contributed by atoms with E-state index in [1.165, 1.54) is 6.07 Å². The molecule has 1 aromatic heterocycles. The highest BCUT2D eigenvalue weighted by Gasteiger charge is 2.14. The van der Waals surface area contributed by atoms with Crippen molar-refractivity contribution in [1.29, 1.82) is 0 Å². The van der Waals surface area contributed by atoms with Crippen LogP contribution in [0.25, 0.3) is 16.7 Å². The fourth-order valence-electron chi connectivity index (χ4n) is 2.01. The van der Waals surface area contributed by atoms with E-state index >= 15 is 0 Å². The summed E-state index contributed by atoms with van der Waals surface area (Å²) in [4.78, 5) is 3.00. The Hall–Kier alpha value is -1.36. The predicted molar refractivity (Wildman–Crippen MR) is 78.4 cm³/mol. The summed E-state index contributed by atoms with van der Waals surface area (Å²) >= 11 is 17.2. The summed E-state index contributed by atoms with van der Waals surface area (Å²) in [7, 11) is 0. The molecule has 0 fully saturated rings. The average Bonchev–Trinajstić information content (AvgIpc) is 2.71. The minimum absolute atomic E-state index is 0.0424. The number of hydrogen-bond donors (Lipinski definition) is 1. The maximum absolute atomic E-state index is 14.1. The first kappa shape index (κ1) is 12.7. The van der Waals surface area contributed by atoms with Gasteiger partial charge >= 0.3 is 0 Å². The zero-order valence-corrected chi connectivity index (χ0v) is 11.8. The number of H-pyrrole nitrogens is 1. The van der Waals surface area contributed by atoms with Gasteiger partial charge in [-0.25, -0.2) is 4.39 Å². The van der Waals surface area contributed by atoms with Crippen LogP contribution in [-0.2, 0) is 0 Å². The lowest BCUT2D eigenvalue weighted by molar-refractivity contribution is 0.619. The lowest BCUT2D eigenvalue weighted by Gasteiger charge is -2.07. The number of fused-ring (bicyclic) bond motifs is 1. The Kier molecular flexibility index (Phi) is 3.09. The second-order valence-corrected chi connectivity index (χ2v) is 5.18. The van der Waals surface area contributed by atoms with E-state index in [1.54, 1.807) is 28.8 Å². The lowest BCUT2D eigenvalue weighted by atomic mass is 10.2. The van der Waals surface area contributed by atoms with E-state index < -0.39 is 5.82 Å². The molecule has 0 saturated heterocycles. The van der Waals surface area contributed by atoms with Crippen LogP contribution in [0.1, 0.15) is 0 Å². The maximum Gasteiger partial charge on any atom is 0.182 e. The van der Waals surface area contributed by atoms with Gasteiger partial charge in [0.25, 0.3) is 0 Å². The number of rotatable bonds is 1. The zero-order chi connectivity index (χ0) is 13.6. The molecule has 3 rings (SSSR count). The third kappa shape index (κ3) is 1.96. The summed E-state index contributed by atoms with van der Waals surface area (Å²) in [6.45, 7) is 0. The molecule has 0 spiro atoms. The van der Waals surface area contributed by atoms with E-state index in [1.807, 2.05) is 6.07 Å². The smallest absolute Gasteiger partial charge is 0.182 e. The summed E-state index contributed by atoms with van der Waals surface area (Å²) in [5, 5.41) is 0.532. The van der Waals surface area contributed by atoms with Crippen molar-refractivity contribution in [3.05, 3.63) is 57.0 Å². The fraction of sp³-hybridized carbons (Fsp3) is 0. The Bertz CT molecular complexity index is 838. The van der Waals surface area contributed by atoms with Gasteiger partial charge < -0.3 is 4.98 Å². The van der Waals surface area contributed by atoms with Gasteiger partial charge in [0.05, 0.1) is 26.8 Å². The monoisotopic (exact) mass is 312 g/mol. The van der Waals surface area contributed by atoms with Crippen molar-refractivity contribution in [3.8, 4) is 5.69 Å². The highest BCUT2D eigenvalue weighted by molar-refractivity contribution is 7.71. The molecule has 0 amide bonds. The molecule has 0 atom stereocenters. The molecule has 6 heteroatoms. The Morgan fingerprint density at radius 2 is 1.74 bits per heavy atom. The largest absolute Gasteiger partial charge is 0.330 e. The van der Waals surface area contributed by atoms with Gasteiger partial charge in [0.2, 0.25) is 0 Å². The minimum atomic E-state index is -0.527. The number of hydrogen-bond acceptors (Lipinski definition) is 1. The first-order chi connectivity index (χ1) is 9.09. The van der Waals surface area contributed by atoms with Crippen LogP contribution < -0.4 is 0 Å². The molecular weight excluding hydrogens is 306 g/mol. The number of aromatic amines is 1. The van der Waals surface area contributed by atoms with E-state index in [4.69, 9.17) is 35.4 Å². The molecule has 0 saturated carbocycles. The van der Waals surface area contributed by atoms with Gasteiger partial charge in [0.1, 0.15) is 0 Å². The number of nitrogens with zero attached hydrogens (tertiary/aromatic N) is 1. The van der Waals surface area contributed by atoms with Crippen molar-refractivity contribution in [2.45, 2.75) is 0 Å². The second-order valence-electron chi connectivity index (χ2n) is 3.97. The summed E-state index contributed by atoms with van der Waals surface area (Å²) in [6, 6.07) is 10.1. The van der Waals surface area contributed by atoms with Crippen molar-refractivity contribution in [2.24, 2.45) is 0 Å². The molecule has 0 aliphatic carbocycles. The molecule has 96 valence electrons. The van der Waals surface area contributed by atoms with E-state index in [0.717, 1.165) is 5.52 Å². The molecule has 0 unspecified atom stereocenters. The lowest BCUT2D eigenvalue weighted by Crippen LogP contribution is -1.98. The number of halogens is 3. The summed E-state index contributed by atoms with van der Waals surface area (Å²) in [6.07, 6.45) is 0. The van der Waals surface area contributed by atoms with E-state index in [0.29, 0.717) is 15.3 Å². The Morgan fingerprint density at radius 3 is 2.53 bits per heavy atom. The van der Waals surface area contributed by atoms with Crippen LogP contribution in [0.4, 0.5) is 4.39 Å². The molecule has 1 heterocycles. The molecule has 1 N–H and O–H groups in total. The third-order valence-electron chi connectivity index (χ3n) is 2.83. The van der Waals surface area contributed by atoms with Crippen LogP contribution in [0.2, 0.25) is 10.0 Å². The SMILES string of the molecule is Fc1c(Cl)cccc1-n1c(=S)[nH]c2cccc(Cl)c21. The van der Waals surface area contributed by atoms with Crippen molar-refractivity contribution >= 4 is 46.5 Å². The van der Waals surface area contributed by atoms with Crippen LogP contribution in [-0.4, -0.2) is 9.55 Å². The van der Waals surface area contributed by atoms with E-state index in [-0.39, 0.29) is 10.7 Å². The van der Waals surface area contributed by atoms with Gasteiger partial charge in [-0.05, 0) is 36.5 Å². The Labute approximate surface area is 123 Å². The highest BCUT2D eigenvalue weighted by Crippen LogP contribution is 2.29. The fourth-order valence-corrected chi connectivity index (χ4v) is 2.74. The van der Waals surface area contributed by atoms with Crippen LogP contribution >= 0.6 is 35.4 Å². The molecule has 0 aliphatic heterocycles. The van der Waals surface area contributed by atoms with E-state index in [9.17, 15) is 4.39 Å². The summed E-state index contributed by atoms with van der Waals surface area (Å²) in [5.41, 5.74) is 1.66. The zero-order valence-electron chi connectivity index (χ0n) is 9.45. The quantitative estimate of drug-likeness (QED) is 0.617. The number of nitrogens with one attached hydrogen (secondary N) is 1. The van der Waals surface area contributed by atoms with Crippen molar-refractivity contribution in [3.63, 3.8) is 0 Å². The molecule has 3 aromatic rings. The number of aromatic nitrogens is 2. The van der Waals surface area contributed by atoms with Gasteiger partial charge in [-0.2, -0.15) is 0 Å². The Balaban J connectivity index is 2.46. The first-order valence-corrected chi connectivity index (χ1v) is 6.59. The standard InChI is InChI=1S/C13H7Cl2FN2S/c14-7-3-2-6-10(11(7)16)18-12-8(15)4-1-5-9(12)17-13(18)19/h1-6H,(H,17,19). The minimum Gasteiger partial charge on any atom is -0.330 e. The number of para-hydroxylation sites is 1. The van der Waals surface area contributed by atoms with Crippen LogP contribution in [0, 0.1) is 10.6 Å². The van der Waals surface area contributed by atoms with Crippen molar-refractivity contribution < 1.29 is 4.39 Å². The van der Waals surface area contributed by atoms with E-state index in [2.05, 4.69) is 4.98 Å². The van der Waals surface area contributed by atoms with Gasteiger partial charge in [-0.1, -0.05) is 35.3 Å². The summed E-state index contributed by atoms with van der Waals surface area (Å²) in [5.74, 6) is -0.527. The average molecular weight is 313 g/mol. The Morgan fingerprint density at radius 1 is 1.05 bits per heavy atom. The number of benzene rings is 2. The van der Waals surface area contributed by atoms with Crippen LogP contribution in [0.15, 0.2) is 36.4 Å². The van der Waals surface area contributed by atoms with Crippen LogP contribution in [0.5, 0.6) is 0 Å².